The normalized spacial score (nSPS) is 35.4. The lowest BCUT2D eigenvalue weighted by Gasteiger charge is -2.42. The van der Waals surface area contributed by atoms with Crippen LogP contribution in [0.1, 0.15) is 52.9 Å². The number of hydrogen-bond donors (Lipinski definition) is 2. The molecule has 0 radical (unpaired) electrons. The first-order valence-electron chi connectivity index (χ1n) is 8.53. The van der Waals surface area contributed by atoms with E-state index in [1.165, 1.54) is 25.8 Å². The van der Waals surface area contributed by atoms with Crippen molar-refractivity contribution in [1.29, 1.82) is 0 Å². The molecule has 3 heteroatoms. The fourth-order valence-electron chi connectivity index (χ4n) is 4.04. The van der Waals surface area contributed by atoms with Gasteiger partial charge in [-0.2, -0.15) is 0 Å². The summed E-state index contributed by atoms with van der Waals surface area (Å²) in [5.41, 5.74) is -0.425. The minimum absolute atomic E-state index is 0.425. The zero-order valence-electron chi connectivity index (χ0n) is 13.9. The molecule has 2 aliphatic rings. The van der Waals surface area contributed by atoms with Gasteiger partial charge in [-0.15, -0.1) is 0 Å². The SMILES string of the molecule is CNC1CCC(C(C)C)CC1CN1CCC(C)(O)CC1. The third-order valence-electron chi connectivity index (χ3n) is 5.76. The van der Waals surface area contributed by atoms with E-state index in [4.69, 9.17) is 0 Å². The van der Waals surface area contributed by atoms with Gasteiger partial charge >= 0.3 is 0 Å². The minimum Gasteiger partial charge on any atom is -0.390 e. The molecule has 1 saturated carbocycles. The van der Waals surface area contributed by atoms with Gasteiger partial charge in [-0.25, -0.2) is 0 Å². The van der Waals surface area contributed by atoms with Crippen LogP contribution in [-0.4, -0.2) is 48.3 Å². The molecule has 0 aromatic heterocycles. The molecular weight excluding hydrogens is 248 g/mol. The van der Waals surface area contributed by atoms with Crippen LogP contribution in [0.25, 0.3) is 0 Å². The summed E-state index contributed by atoms with van der Waals surface area (Å²) in [6.07, 6.45) is 5.94. The van der Waals surface area contributed by atoms with Crippen LogP contribution >= 0.6 is 0 Å². The predicted molar refractivity (Wildman–Crippen MR) is 84.8 cm³/mol. The van der Waals surface area contributed by atoms with Gasteiger partial charge in [0.1, 0.15) is 0 Å². The molecule has 3 atom stereocenters. The molecular formula is C17H34N2O. The van der Waals surface area contributed by atoms with Gasteiger partial charge in [-0.05, 0) is 63.8 Å². The molecule has 118 valence electrons. The Hall–Kier alpha value is -0.120. The zero-order valence-corrected chi connectivity index (χ0v) is 13.9. The first kappa shape index (κ1) is 16.3. The Morgan fingerprint density at radius 2 is 1.90 bits per heavy atom. The average Bonchev–Trinajstić information content (AvgIpc) is 2.41. The molecule has 0 spiro atoms. The summed E-state index contributed by atoms with van der Waals surface area (Å²) in [5, 5.41) is 13.6. The molecule has 1 aliphatic carbocycles. The summed E-state index contributed by atoms with van der Waals surface area (Å²) >= 11 is 0. The summed E-state index contributed by atoms with van der Waals surface area (Å²) in [7, 11) is 2.12. The molecule has 0 bridgehead atoms. The van der Waals surface area contributed by atoms with Crippen LogP contribution in [0.5, 0.6) is 0 Å². The van der Waals surface area contributed by atoms with E-state index in [1.807, 2.05) is 6.92 Å². The molecule has 1 aliphatic heterocycles. The summed E-state index contributed by atoms with van der Waals surface area (Å²) in [6.45, 7) is 10.1. The lowest BCUT2D eigenvalue weighted by Crippen LogP contribution is -2.49. The van der Waals surface area contributed by atoms with Gasteiger partial charge < -0.3 is 15.3 Å². The smallest absolute Gasteiger partial charge is 0.0644 e. The number of likely N-dealkylation sites (tertiary alicyclic amines) is 1. The zero-order chi connectivity index (χ0) is 14.8. The number of aliphatic hydroxyl groups is 1. The molecule has 2 N–H and O–H groups in total. The molecule has 2 fully saturated rings. The number of hydrogen-bond acceptors (Lipinski definition) is 3. The Bertz CT molecular complexity index is 293. The summed E-state index contributed by atoms with van der Waals surface area (Å²) in [4.78, 5) is 2.58. The Morgan fingerprint density at radius 3 is 2.45 bits per heavy atom. The maximum atomic E-state index is 10.1. The van der Waals surface area contributed by atoms with Crippen LogP contribution in [0.2, 0.25) is 0 Å². The maximum Gasteiger partial charge on any atom is 0.0644 e. The molecule has 3 unspecified atom stereocenters. The fraction of sp³-hybridized carbons (Fsp3) is 1.00. The Balaban J connectivity index is 1.88. The average molecular weight is 282 g/mol. The van der Waals surface area contributed by atoms with E-state index in [-0.39, 0.29) is 0 Å². The minimum atomic E-state index is -0.425. The van der Waals surface area contributed by atoms with Crippen molar-refractivity contribution < 1.29 is 5.11 Å². The lowest BCUT2D eigenvalue weighted by molar-refractivity contribution is -0.0131. The second-order valence-corrected chi connectivity index (χ2v) is 7.77. The number of piperidine rings is 1. The van der Waals surface area contributed by atoms with E-state index >= 15 is 0 Å². The summed E-state index contributed by atoms with van der Waals surface area (Å²) in [5.74, 6) is 2.50. The van der Waals surface area contributed by atoms with Crippen molar-refractivity contribution in [2.24, 2.45) is 17.8 Å². The third-order valence-corrected chi connectivity index (χ3v) is 5.76. The summed E-state index contributed by atoms with van der Waals surface area (Å²) < 4.78 is 0. The third kappa shape index (κ3) is 4.19. The van der Waals surface area contributed by atoms with Crippen LogP contribution in [0.15, 0.2) is 0 Å². The molecule has 20 heavy (non-hydrogen) atoms. The first-order valence-corrected chi connectivity index (χ1v) is 8.53. The second-order valence-electron chi connectivity index (χ2n) is 7.77. The van der Waals surface area contributed by atoms with Crippen molar-refractivity contribution in [3.05, 3.63) is 0 Å². The monoisotopic (exact) mass is 282 g/mol. The van der Waals surface area contributed by atoms with Crippen LogP contribution < -0.4 is 5.32 Å². The number of rotatable bonds is 4. The van der Waals surface area contributed by atoms with Crippen LogP contribution in [0.3, 0.4) is 0 Å². The molecule has 0 aromatic rings. The van der Waals surface area contributed by atoms with E-state index in [1.54, 1.807) is 0 Å². The van der Waals surface area contributed by atoms with Gasteiger partial charge in [-0.1, -0.05) is 13.8 Å². The van der Waals surface area contributed by atoms with Crippen LogP contribution in [-0.2, 0) is 0 Å². The van der Waals surface area contributed by atoms with Crippen molar-refractivity contribution in [2.75, 3.05) is 26.7 Å². The second kappa shape index (κ2) is 6.76. The standard InChI is InChI=1S/C17H34N2O/c1-13(2)14-5-6-16(18-4)15(11-14)12-19-9-7-17(3,20)8-10-19/h13-16,18,20H,5-12H2,1-4H3. The van der Waals surface area contributed by atoms with Gasteiger partial charge in [0.15, 0.2) is 0 Å². The van der Waals surface area contributed by atoms with Crippen LogP contribution in [0, 0.1) is 17.8 Å². The molecule has 1 saturated heterocycles. The van der Waals surface area contributed by atoms with Gasteiger partial charge in [0.05, 0.1) is 5.60 Å². The Kier molecular flexibility index (Phi) is 5.49. The van der Waals surface area contributed by atoms with Crippen molar-refractivity contribution >= 4 is 0 Å². The summed E-state index contributed by atoms with van der Waals surface area (Å²) in [6, 6.07) is 0.687. The van der Waals surface area contributed by atoms with Crippen molar-refractivity contribution in [2.45, 2.75) is 64.5 Å². The van der Waals surface area contributed by atoms with E-state index in [0.29, 0.717) is 6.04 Å². The highest BCUT2D eigenvalue weighted by Gasteiger charge is 2.34. The highest BCUT2D eigenvalue weighted by molar-refractivity contribution is 4.89. The van der Waals surface area contributed by atoms with Gasteiger partial charge in [0.2, 0.25) is 0 Å². The first-order chi connectivity index (χ1) is 9.41. The van der Waals surface area contributed by atoms with Gasteiger partial charge in [0.25, 0.3) is 0 Å². The van der Waals surface area contributed by atoms with E-state index in [0.717, 1.165) is 43.7 Å². The van der Waals surface area contributed by atoms with Crippen LogP contribution in [0.4, 0.5) is 0 Å². The molecule has 2 rings (SSSR count). The van der Waals surface area contributed by atoms with Crippen molar-refractivity contribution in [3.8, 4) is 0 Å². The van der Waals surface area contributed by atoms with Crippen molar-refractivity contribution in [3.63, 3.8) is 0 Å². The lowest BCUT2D eigenvalue weighted by atomic mass is 9.73. The van der Waals surface area contributed by atoms with Gasteiger partial charge in [-0.3, -0.25) is 0 Å². The van der Waals surface area contributed by atoms with Crippen molar-refractivity contribution in [1.82, 2.24) is 10.2 Å². The maximum absolute atomic E-state index is 10.1. The molecule has 1 heterocycles. The number of nitrogens with zero attached hydrogens (tertiary/aromatic N) is 1. The quantitative estimate of drug-likeness (QED) is 0.831. The Morgan fingerprint density at radius 1 is 1.25 bits per heavy atom. The highest BCUT2D eigenvalue weighted by atomic mass is 16.3. The highest BCUT2D eigenvalue weighted by Crippen LogP contribution is 2.35. The predicted octanol–water partition coefficient (Wildman–Crippen LogP) is 2.49. The van der Waals surface area contributed by atoms with E-state index in [2.05, 4.69) is 31.1 Å². The largest absolute Gasteiger partial charge is 0.390 e. The van der Waals surface area contributed by atoms with E-state index in [9.17, 15) is 5.11 Å². The fourth-order valence-corrected chi connectivity index (χ4v) is 4.04. The molecule has 3 nitrogen and oxygen atoms in total. The topological polar surface area (TPSA) is 35.5 Å². The number of nitrogens with one attached hydrogen (secondary N) is 1. The molecule has 0 aromatic carbocycles. The van der Waals surface area contributed by atoms with Gasteiger partial charge in [0, 0.05) is 25.7 Å². The van der Waals surface area contributed by atoms with E-state index < -0.39 is 5.60 Å². The Labute approximate surface area is 125 Å². The molecule has 0 amide bonds.